The van der Waals surface area contributed by atoms with Crippen LogP contribution in [0.4, 0.5) is 4.79 Å². The summed E-state index contributed by atoms with van der Waals surface area (Å²) in [7, 11) is 0. The summed E-state index contributed by atoms with van der Waals surface area (Å²) >= 11 is 0. The molecule has 4 bridgehead atoms. The third kappa shape index (κ3) is 3.11. The van der Waals surface area contributed by atoms with Crippen LogP contribution in [0, 0.1) is 17.8 Å². The molecule has 4 fully saturated rings. The summed E-state index contributed by atoms with van der Waals surface area (Å²) in [5, 5.41) is 15.0. The number of nitrogens with one attached hydrogen (secondary N) is 2. The number of urea groups is 1. The number of rotatable bonds is 6. The molecule has 4 heteroatoms. The van der Waals surface area contributed by atoms with Crippen molar-refractivity contribution in [3.8, 4) is 0 Å². The number of aliphatic hydroxyl groups is 1. The molecule has 2 amide bonds. The van der Waals surface area contributed by atoms with Gasteiger partial charge in [-0.3, -0.25) is 0 Å². The maximum absolute atomic E-state index is 12.1. The average molecular weight is 280 g/mol. The van der Waals surface area contributed by atoms with Crippen LogP contribution in [-0.2, 0) is 0 Å². The van der Waals surface area contributed by atoms with Crippen LogP contribution in [0.5, 0.6) is 0 Å². The van der Waals surface area contributed by atoms with Crippen LogP contribution in [0.1, 0.15) is 57.8 Å². The van der Waals surface area contributed by atoms with E-state index in [-0.39, 0.29) is 18.2 Å². The second-order valence-corrected chi connectivity index (χ2v) is 7.36. The van der Waals surface area contributed by atoms with Gasteiger partial charge in [-0.15, -0.1) is 0 Å². The lowest BCUT2D eigenvalue weighted by Gasteiger charge is -2.56. The lowest BCUT2D eigenvalue weighted by atomic mass is 9.53. The Balaban J connectivity index is 1.44. The molecule has 0 aromatic carbocycles. The monoisotopic (exact) mass is 280 g/mol. The second-order valence-electron chi connectivity index (χ2n) is 7.36. The Kier molecular flexibility index (Phi) is 4.20. The van der Waals surface area contributed by atoms with E-state index in [9.17, 15) is 4.79 Å². The highest BCUT2D eigenvalue weighted by atomic mass is 16.2. The van der Waals surface area contributed by atoms with E-state index in [0.29, 0.717) is 0 Å². The average Bonchev–Trinajstić information content (AvgIpc) is 2.36. The Hall–Kier alpha value is -0.770. The molecule has 0 aromatic heterocycles. The molecule has 0 unspecified atom stereocenters. The SMILES string of the molecule is O=C(NCCCCCO)NC12CC3CC(CC(C3)C1)C2. The first kappa shape index (κ1) is 14.2. The fourth-order valence-electron chi connectivity index (χ4n) is 5.16. The fraction of sp³-hybridized carbons (Fsp3) is 0.938. The first-order valence-electron chi connectivity index (χ1n) is 8.36. The molecule has 0 spiro atoms. The summed E-state index contributed by atoms with van der Waals surface area (Å²) in [5.41, 5.74) is 0.115. The lowest BCUT2D eigenvalue weighted by molar-refractivity contribution is -0.0135. The van der Waals surface area contributed by atoms with Crippen molar-refractivity contribution in [1.82, 2.24) is 10.6 Å². The van der Waals surface area contributed by atoms with E-state index < -0.39 is 0 Å². The molecule has 0 saturated heterocycles. The van der Waals surface area contributed by atoms with Crippen LogP contribution in [0.25, 0.3) is 0 Å². The summed E-state index contributed by atoms with van der Waals surface area (Å²) in [6.45, 7) is 0.970. The molecule has 3 N–H and O–H groups in total. The van der Waals surface area contributed by atoms with Gasteiger partial charge in [-0.1, -0.05) is 0 Å². The van der Waals surface area contributed by atoms with Gasteiger partial charge >= 0.3 is 6.03 Å². The van der Waals surface area contributed by atoms with Gasteiger partial charge in [0.1, 0.15) is 0 Å². The van der Waals surface area contributed by atoms with E-state index in [2.05, 4.69) is 10.6 Å². The second kappa shape index (κ2) is 5.92. The zero-order valence-electron chi connectivity index (χ0n) is 12.4. The van der Waals surface area contributed by atoms with Gasteiger partial charge in [0.15, 0.2) is 0 Å². The first-order valence-corrected chi connectivity index (χ1v) is 8.36. The zero-order valence-corrected chi connectivity index (χ0v) is 12.4. The van der Waals surface area contributed by atoms with Crippen LogP contribution in [0.2, 0.25) is 0 Å². The molecule has 20 heavy (non-hydrogen) atoms. The molecule has 4 aliphatic carbocycles. The fourth-order valence-corrected chi connectivity index (χ4v) is 5.16. The van der Waals surface area contributed by atoms with E-state index in [1.807, 2.05) is 0 Å². The van der Waals surface area contributed by atoms with E-state index in [4.69, 9.17) is 5.11 Å². The van der Waals surface area contributed by atoms with Gasteiger partial charge in [0.05, 0.1) is 0 Å². The molecule has 0 heterocycles. The standard InChI is InChI=1S/C16H28N2O2/c19-5-3-1-2-4-17-15(20)18-16-9-12-6-13(10-16)8-14(7-12)11-16/h12-14,19H,1-11H2,(H2,17,18,20). The largest absolute Gasteiger partial charge is 0.396 e. The summed E-state index contributed by atoms with van der Waals surface area (Å²) in [6, 6.07) is 0.0240. The molecule has 4 rings (SSSR count). The Labute approximate surface area is 121 Å². The van der Waals surface area contributed by atoms with Crippen molar-refractivity contribution in [2.75, 3.05) is 13.2 Å². The highest BCUT2D eigenvalue weighted by Crippen LogP contribution is 2.55. The quantitative estimate of drug-likeness (QED) is 0.654. The number of hydrogen-bond donors (Lipinski definition) is 3. The maximum Gasteiger partial charge on any atom is 0.315 e. The Bertz CT molecular complexity index is 321. The molecule has 4 saturated carbocycles. The van der Waals surface area contributed by atoms with Gasteiger partial charge in [-0.2, -0.15) is 0 Å². The minimum atomic E-state index is 0.0240. The third-order valence-electron chi connectivity index (χ3n) is 5.54. The molecule has 0 aromatic rings. The van der Waals surface area contributed by atoms with Crippen LogP contribution in [0.15, 0.2) is 0 Å². The highest BCUT2D eigenvalue weighted by molar-refractivity contribution is 5.74. The molecule has 0 aliphatic heterocycles. The summed E-state index contributed by atoms with van der Waals surface area (Å²) < 4.78 is 0. The normalized spacial score (nSPS) is 38.0. The van der Waals surface area contributed by atoms with Gasteiger partial charge in [0, 0.05) is 18.7 Å². The number of hydrogen-bond acceptors (Lipinski definition) is 2. The van der Waals surface area contributed by atoms with Crippen molar-refractivity contribution in [1.29, 1.82) is 0 Å². The lowest BCUT2D eigenvalue weighted by Crippen LogP contribution is -2.61. The number of aliphatic hydroxyl groups excluding tert-OH is 1. The summed E-state index contributed by atoms with van der Waals surface area (Å²) in [4.78, 5) is 12.1. The molecular formula is C16H28N2O2. The number of unbranched alkanes of at least 4 members (excludes halogenated alkanes) is 2. The molecule has 4 aliphatic rings. The van der Waals surface area contributed by atoms with Gasteiger partial charge in [-0.05, 0) is 75.5 Å². The molecule has 0 radical (unpaired) electrons. The Morgan fingerprint density at radius 1 is 1.00 bits per heavy atom. The highest BCUT2D eigenvalue weighted by Gasteiger charge is 2.51. The predicted octanol–water partition coefficient (Wildman–Crippen LogP) is 2.42. The molecular weight excluding hydrogens is 252 g/mol. The van der Waals surface area contributed by atoms with Crippen LogP contribution < -0.4 is 10.6 Å². The van der Waals surface area contributed by atoms with E-state index in [0.717, 1.165) is 43.6 Å². The topological polar surface area (TPSA) is 61.4 Å². The van der Waals surface area contributed by atoms with E-state index in [1.165, 1.54) is 38.5 Å². The predicted molar refractivity (Wildman–Crippen MR) is 78.4 cm³/mol. The Morgan fingerprint density at radius 2 is 1.60 bits per heavy atom. The number of carbonyl (C=O) groups is 1. The summed E-state index contributed by atoms with van der Waals surface area (Å²) in [5.74, 6) is 2.60. The van der Waals surface area contributed by atoms with Crippen LogP contribution in [-0.4, -0.2) is 29.8 Å². The molecule has 4 nitrogen and oxygen atoms in total. The number of amides is 2. The van der Waals surface area contributed by atoms with Gasteiger partial charge < -0.3 is 15.7 Å². The zero-order chi connectivity index (χ0) is 14.0. The molecule has 0 atom stereocenters. The smallest absolute Gasteiger partial charge is 0.315 e. The minimum absolute atomic E-state index is 0.0240. The van der Waals surface area contributed by atoms with Crippen LogP contribution in [0.3, 0.4) is 0 Å². The van der Waals surface area contributed by atoms with Crippen molar-refractivity contribution in [3.63, 3.8) is 0 Å². The van der Waals surface area contributed by atoms with Gasteiger partial charge in [0.25, 0.3) is 0 Å². The van der Waals surface area contributed by atoms with Gasteiger partial charge in [0.2, 0.25) is 0 Å². The third-order valence-corrected chi connectivity index (χ3v) is 5.54. The minimum Gasteiger partial charge on any atom is -0.396 e. The van der Waals surface area contributed by atoms with Crippen molar-refractivity contribution in [3.05, 3.63) is 0 Å². The van der Waals surface area contributed by atoms with Crippen molar-refractivity contribution in [2.24, 2.45) is 17.8 Å². The van der Waals surface area contributed by atoms with Gasteiger partial charge in [-0.25, -0.2) is 4.79 Å². The first-order chi connectivity index (χ1) is 9.69. The van der Waals surface area contributed by atoms with E-state index in [1.54, 1.807) is 0 Å². The van der Waals surface area contributed by atoms with Crippen molar-refractivity contribution in [2.45, 2.75) is 63.3 Å². The maximum atomic E-state index is 12.1. The Morgan fingerprint density at radius 3 is 2.15 bits per heavy atom. The van der Waals surface area contributed by atoms with E-state index >= 15 is 0 Å². The van der Waals surface area contributed by atoms with Crippen molar-refractivity contribution < 1.29 is 9.90 Å². The molecule has 114 valence electrons. The van der Waals surface area contributed by atoms with Crippen LogP contribution >= 0.6 is 0 Å². The summed E-state index contributed by atoms with van der Waals surface area (Å²) in [6.07, 6.45) is 10.6. The van der Waals surface area contributed by atoms with Crippen molar-refractivity contribution >= 4 is 6.03 Å². The number of carbonyl (C=O) groups excluding carboxylic acids is 1.